The molecule has 1 fully saturated rings. The average Bonchev–Trinajstić information content (AvgIpc) is 2.64. The Bertz CT molecular complexity index is 404. The highest BCUT2D eigenvalue weighted by Gasteiger charge is 2.29. The van der Waals surface area contributed by atoms with Crippen molar-refractivity contribution in [1.29, 1.82) is 0 Å². The highest BCUT2D eigenvalue weighted by molar-refractivity contribution is 8.00. The van der Waals surface area contributed by atoms with Crippen LogP contribution < -0.4 is 0 Å². The van der Waals surface area contributed by atoms with Crippen LogP contribution in [0.15, 0.2) is 18.2 Å². The molecule has 5 heteroatoms. The van der Waals surface area contributed by atoms with Gasteiger partial charge in [0.1, 0.15) is 17.2 Å². The molecule has 16 heavy (non-hydrogen) atoms. The maximum absolute atomic E-state index is 13.4. The molecule has 1 saturated heterocycles. The van der Waals surface area contributed by atoms with Crippen LogP contribution in [0.2, 0.25) is 0 Å². The first-order chi connectivity index (χ1) is 7.61. The Labute approximate surface area is 96.6 Å². The van der Waals surface area contributed by atoms with Gasteiger partial charge >= 0.3 is 0 Å². The zero-order chi connectivity index (χ0) is 11.7. The van der Waals surface area contributed by atoms with E-state index < -0.39 is 23.1 Å². The van der Waals surface area contributed by atoms with Crippen LogP contribution in [-0.2, 0) is 0 Å². The van der Waals surface area contributed by atoms with E-state index in [1.54, 1.807) is 11.8 Å². The van der Waals surface area contributed by atoms with Crippen molar-refractivity contribution < 1.29 is 13.6 Å². The fourth-order valence-electron chi connectivity index (χ4n) is 1.71. The molecule has 0 aromatic heterocycles. The standard InChI is InChI=1S/C11H11F2NOS/c1-7-14(5-6-16-7)11(15)10-8(12)3-2-4-9(10)13/h2-4,7H,5-6H2,1H3. The first-order valence-corrected chi connectivity index (χ1v) is 6.02. The topological polar surface area (TPSA) is 20.3 Å². The second-order valence-corrected chi connectivity index (χ2v) is 4.99. The first-order valence-electron chi connectivity index (χ1n) is 4.98. The number of carbonyl (C=O) groups is 1. The molecule has 2 nitrogen and oxygen atoms in total. The van der Waals surface area contributed by atoms with Crippen molar-refractivity contribution in [2.24, 2.45) is 0 Å². The van der Waals surface area contributed by atoms with Gasteiger partial charge in [-0.15, -0.1) is 11.8 Å². The Morgan fingerprint density at radius 1 is 1.44 bits per heavy atom. The number of amides is 1. The summed E-state index contributed by atoms with van der Waals surface area (Å²) in [6.45, 7) is 2.40. The Morgan fingerprint density at radius 2 is 2.06 bits per heavy atom. The summed E-state index contributed by atoms with van der Waals surface area (Å²) >= 11 is 1.60. The molecule has 0 N–H and O–H groups in total. The monoisotopic (exact) mass is 243 g/mol. The third kappa shape index (κ3) is 1.91. The molecule has 2 rings (SSSR count). The second kappa shape index (κ2) is 4.41. The molecule has 0 radical (unpaired) electrons. The fraction of sp³-hybridized carbons (Fsp3) is 0.364. The van der Waals surface area contributed by atoms with Gasteiger partial charge in [0.25, 0.3) is 5.91 Å². The highest BCUT2D eigenvalue weighted by atomic mass is 32.2. The number of hydrogen-bond donors (Lipinski definition) is 0. The lowest BCUT2D eigenvalue weighted by atomic mass is 10.1. The van der Waals surface area contributed by atoms with E-state index in [4.69, 9.17) is 0 Å². The minimum Gasteiger partial charge on any atom is -0.326 e. The van der Waals surface area contributed by atoms with Gasteiger partial charge in [0, 0.05) is 12.3 Å². The molecule has 0 aliphatic carbocycles. The average molecular weight is 243 g/mol. The van der Waals surface area contributed by atoms with E-state index >= 15 is 0 Å². The van der Waals surface area contributed by atoms with Crippen molar-refractivity contribution >= 4 is 17.7 Å². The Morgan fingerprint density at radius 3 is 2.56 bits per heavy atom. The maximum Gasteiger partial charge on any atom is 0.260 e. The molecule has 0 bridgehead atoms. The minimum absolute atomic E-state index is 0.0218. The van der Waals surface area contributed by atoms with Gasteiger partial charge in [-0.3, -0.25) is 4.79 Å². The van der Waals surface area contributed by atoms with Crippen molar-refractivity contribution in [3.8, 4) is 0 Å². The van der Waals surface area contributed by atoms with Crippen LogP contribution >= 0.6 is 11.8 Å². The minimum atomic E-state index is -0.797. The van der Waals surface area contributed by atoms with E-state index in [0.717, 1.165) is 17.9 Å². The molecule has 1 unspecified atom stereocenters. The lowest BCUT2D eigenvalue weighted by Gasteiger charge is -2.20. The molecule has 86 valence electrons. The number of nitrogens with zero attached hydrogens (tertiary/aromatic N) is 1. The van der Waals surface area contributed by atoms with Gasteiger partial charge in [-0.2, -0.15) is 0 Å². The van der Waals surface area contributed by atoms with Crippen LogP contribution in [0.3, 0.4) is 0 Å². The molecule has 0 spiro atoms. The molecule has 1 aliphatic rings. The number of hydrogen-bond acceptors (Lipinski definition) is 2. The van der Waals surface area contributed by atoms with Gasteiger partial charge in [-0.05, 0) is 19.1 Å². The molecule has 1 aromatic rings. The first kappa shape index (κ1) is 11.4. The van der Waals surface area contributed by atoms with E-state index in [1.807, 2.05) is 6.92 Å². The summed E-state index contributed by atoms with van der Waals surface area (Å²) in [5.41, 5.74) is -0.447. The quantitative estimate of drug-likeness (QED) is 0.755. The van der Waals surface area contributed by atoms with Crippen LogP contribution in [0.1, 0.15) is 17.3 Å². The summed E-state index contributed by atoms with van der Waals surface area (Å²) in [5, 5.41) is -0.0218. The predicted octanol–water partition coefficient (Wildman–Crippen LogP) is 2.50. The molecular weight excluding hydrogens is 232 g/mol. The Balaban J connectivity index is 2.33. The van der Waals surface area contributed by atoms with Gasteiger partial charge in [0.05, 0.1) is 5.37 Å². The van der Waals surface area contributed by atoms with Crippen LogP contribution in [-0.4, -0.2) is 28.5 Å². The van der Waals surface area contributed by atoms with Crippen molar-refractivity contribution in [2.45, 2.75) is 12.3 Å². The van der Waals surface area contributed by atoms with Crippen LogP contribution in [0.25, 0.3) is 0 Å². The SMILES string of the molecule is CC1SCCN1C(=O)c1c(F)cccc1F. The summed E-state index contributed by atoms with van der Waals surface area (Å²) in [4.78, 5) is 13.4. The van der Waals surface area contributed by atoms with Crippen molar-refractivity contribution in [3.05, 3.63) is 35.4 Å². The molecular formula is C11H11F2NOS. The van der Waals surface area contributed by atoms with Gasteiger partial charge in [-0.25, -0.2) is 8.78 Å². The number of carbonyl (C=O) groups excluding carboxylic acids is 1. The summed E-state index contributed by atoms with van der Waals surface area (Å²) in [6, 6.07) is 3.46. The van der Waals surface area contributed by atoms with E-state index in [-0.39, 0.29) is 5.37 Å². The van der Waals surface area contributed by atoms with E-state index in [0.29, 0.717) is 6.54 Å². The van der Waals surface area contributed by atoms with E-state index in [1.165, 1.54) is 11.0 Å². The van der Waals surface area contributed by atoms with Gasteiger partial charge in [-0.1, -0.05) is 6.07 Å². The number of halogens is 2. The highest BCUT2D eigenvalue weighted by Crippen LogP contribution is 2.26. The lowest BCUT2D eigenvalue weighted by molar-refractivity contribution is 0.0759. The second-order valence-electron chi connectivity index (χ2n) is 3.57. The fourth-order valence-corrected chi connectivity index (χ4v) is 2.73. The third-order valence-corrected chi connectivity index (χ3v) is 3.72. The van der Waals surface area contributed by atoms with Crippen molar-refractivity contribution in [3.63, 3.8) is 0 Å². The van der Waals surface area contributed by atoms with Crippen molar-refractivity contribution in [2.75, 3.05) is 12.3 Å². The largest absolute Gasteiger partial charge is 0.326 e. The van der Waals surface area contributed by atoms with E-state index in [2.05, 4.69) is 0 Å². The van der Waals surface area contributed by atoms with Crippen LogP contribution in [0, 0.1) is 11.6 Å². The summed E-state index contributed by atoms with van der Waals surface area (Å²) in [6.07, 6.45) is 0. The van der Waals surface area contributed by atoms with Gasteiger partial charge in [0.15, 0.2) is 0 Å². The molecule has 1 aliphatic heterocycles. The number of thioether (sulfide) groups is 1. The normalized spacial score (nSPS) is 20.2. The molecule has 1 aromatic carbocycles. The molecule has 1 atom stereocenters. The van der Waals surface area contributed by atoms with Crippen molar-refractivity contribution in [1.82, 2.24) is 4.90 Å². The zero-order valence-electron chi connectivity index (χ0n) is 8.74. The lowest BCUT2D eigenvalue weighted by Crippen LogP contribution is -2.34. The molecule has 1 amide bonds. The predicted molar refractivity (Wildman–Crippen MR) is 59.3 cm³/mol. The number of rotatable bonds is 1. The summed E-state index contributed by atoms with van der Waals surface area (Å²) < 4.78 is 26.8. The smallest absolute Gasteiger partial charge is 0.260 e. The van der Waals surface area contributed by atoms with E-state index in [9.17, 15) is 13.6 Å². The Hall–Kier alpha value is -1.10. The van der Waals surface area contributed by atoms with Gasteiger partial charge < -0.3 is 4.90 Å². The van der Waals surface area contributed by atoms with Gasteiger partial charge in [0.2, 0.25) is 0 Å². The molecule has 1 heterocycles. The third-order valence-electron chi connectivity index (χ3n) is 2.57. The summed E-state index contributed by atoms with van der Waals surface area (Å²) in [7, 11) is 0. The summed E-state index contributed by atoms with van der Waals surface area (Å²) in [5.74, 6) is -1.35. The Kier molecular flexibility index (Phi) is 3.14. The molecule has 0 saturated carbocycles. The van der Waals surface area contributed by atoms with Crippen LogP contribution in [0.5, 0.6) is 0 Å². The zero-order valence-corrected chi connectivity index (χ0v) is 9.56. The maximum atomic E-state index is 13.4. The number of benzene rings is 1. The van der Waals surface area contributed by atoms with Crippen LogP contribution in [0.4, 0.5) is 8.78 Å².